The fraction of sp³-hybridized carbons (Fsp3) is 0.545. The van der Waals surface area contributed by atoms with Crippen molar-refractivity contribution in [2.45, 2.75) is 26.2 Å². The van der Waals surface area contributed by atoms with Gasteiger partial charge < -0.3 is 15.2 Å². The molecule has 0 aliphatic heterocycles. The highest BCUT2D eigenvalue weighted by Gasteiger charge is 2.22. The zero-order chi connectivity index (χ0) is 14.3. The van der Waals surface area contributed by atoms with Crippen LogP contribution in [0.3, 0.4) is 0 Å². The lowest BCUT2D eigenvalue weighted by atomic mass is 10.3. The third-order valence-corrected chi connectivity index (χ3v) is 2.75. The molecule has 0 unspecified atom stereocenters. The molecule has 106 valence electrons. The number of hydrogen-bond donors (Lipinski definition) is 2. The van der Waals surface area contributed by atoms with Gasteiger partial charge in [0.25, 0.3) is 0 Å². The number of methoxy groups -OCH3 is 1. The van der Waals surface area contributed by atoms with E-state index in [1.807, 2.05) is 0 Å². The van der Waals surface area contributed by atoms with Gasteiger partial charge in [-0.25, -0.2) is 9.10 Å². The topological polar surface area (TPSA) is 90.6 Å². The van der Waals surface area contributed by atoms with Crippen LogP contribution in [0.1, 0.15) is 26.2 Å². The lowest BCUT2D eigenvalue weighted by Crippen LogP contribution is -2.28. The smallest absolute Gasteiger partial charge is 0.329 e. The van der Waals surface area contributed by atoms with Crippen molar-refractivity contribution in [3.05, 3.63) is 6.33 Å². The summed E-state index contributed by atoms with van der Waals surface area (Å²) >= 11 is 3.99. The minimum absolute atomic E-state index is 0.175. The van der Waals surface area contributed by atoms with E-state index in [4.69, 9.17) is 15.2 Å². The average molecular weight is 286 g/mol. The lowest BCUT2D eigenvalue weighted by molar-refractivity contribution is 0.256. The number of aromatic nitrogens is 2. The van der Waals surface area contributed by atoms with Gasteiger partial charge in [-0.3, -0.25) is 0 Å². The van der Waals surface area contributed by atoms with Gasteiger partial charge in [0.15, 0.2) is 5.69 Å². The molecule has 0 aromatic carbocycles. The van der Waals surface area contributed by atoms with Crippen molar-refractivity contribution in [3.8, 4) is 11.8 Å². The molecule has 0 bridgehead atoms. The fourth-order valence-electron chi connectivity index (χ4n) is 1.41. The number of ether oxygens (including phenoxy) is 2. The molecule has 0 atom stereocenters. The van der Waals surface area contributed by atoms with E-state index in [1.54, 1.807) is 0 Å². The Morgan fingerprint density at radius 3 is 2.68 bits per heavy atom. The number of primary amides is 1. The molecule has 0 radical (unpaired) electrons. The highest BCUT2D eigenvalue weighted by atomic mass is 32.1. The summed E-state index contributed by atoms with van der Waals surface area (Å²) in [5.41, 5.74) is 5.39. The number of carbonyl (C=O) groups excluding carboxylic acids is 1. The van der Waals surface area contributed by atoms with Gasteiger partial charge in [-0.15, -0.1) is 0 Å². The van der Waals surface area contributed by atoms with Crippen molar-refractivity contribution in [1.29, 1.82) is 0 Å². The largest absolute Gasteiger partial charge is 0.479 e. The van der Waals surface area contributed by atoms with Crippen LogP contribution in [0.25, 0.3) is 0 Å². The monoisotopic (exact) mass is 286 g/mol. The molecule has 8 heteroatoms. The number of amides is 2. The maximum absolute atomic E-state index is 11.2. The van der Waals surface area contributed by atoms with Gasteiger partial charge in [0, 0.05) is 0 Å². The van der Waals surface area contributed by atoms with Crippen molar-refractivity contribution in [2.24, 2.45) is 5.73 Å². The summed E-state index contributed by atoms with van der Waals surface area (Å²) in [5.74, 6) is 0.394. The number of nitrogens with zero attached hydrogens (tertiary/aromatic N) is 3. The summed E-state index contributed by atoms with van der Waals surface area (Å²) in [6, 6.07) is -0.769. The Bertz CT molecular complexity index is 430. The normalized spacial score (nSPS) is 10.1. The number of unbranched alkanes of at least 4 members (excludes halogenated alkanes) is 2. The van der Waals surface area contributed by atoms with Gasteiger partial charge >= 0.3 is 6.03 Å². The quantitative estimate of drug-likeness (QED) is 0.589. The first kappa shape index (κ1) is 15.4. The van der Waals surface area contributed by atoms with Crippen LogP contribution in [-0.4, -0.2) is 29.7 Å². The zero-order valence-corrected chi connectivity index (χ0v) is 11.9. The highest BCUT2D eigenvalue weighted by molar-refractivity contribution is 7.82. The number of thiol groups is 1. The molecule has 0 aliphatic rings. The van der Waals surface area contributed by atoms with Crippen molar-refractivity contribution in [2.75, 3.05) is 18.0 Å². The van der Waals surface area contributed by atoms with Gasteiger partial charge in [-0.1, -0.05) is 32.6 Å². The maximum Gasteiger partial charge on any atom is 0.329 e. The molecule has 0 fully saturated rings. The Balaban J connectivity index is 2.92. The fourth-order valence-corrected chi connectivity index (χ4v) is 1.59. The number of urea groups is 1. The van der Waals surface area contributed by atoms with Crippen molar-refractivity contribution in [3.63, 3.8) is 0 Å². The van der Waals surface area contributed by atoms with Crippen LogP contribution in [0, 0.1) is 0 Å². The van der Waals surface area contributed by atoms with Gasteiger partial charge in [0.1, 0.15) is 6.33 Å². The molecule has 1 rings (SSSR count). The predicted octanol–water partition coefficient (Wildman–Crippen LogP) is 1.78. The van der Waals surface area contributed by atoms with Crippen LogP contribution in [0.2, 0.25) is 0 Å². The van der Waals surface area contributed by atoms with Crippen molar-refractivity contribution >= 4 is 24.5 Å². The van der Waals surface area contributed by atoms with Crippen LogP contribution >= 0.6 is 12.8 Å². The van der Waals surface area contributed by atoms with E-state index < -0.39 is 6.03 Å². The van der Waals surface area contributed by atoms with Crippen LogP contribution in [0.4, 0.5) is 10.5 Å². The van der Waals surface area contributed by atoms with Crippen LogP contribution in [0.5, 0.6) is 11.8 Å². The van der Waals surface area contributed by atoms with Gasteiger partial charge in [-0.05, 0) is 6.42 Å². The summed E-state index contributed by atoms with van der Waals surface area (Å²) in [5, 5.41) is 0. The first-order valence-electron chi connectivity index (χ1n) is 5.92. The second kappa shape index (κ2) is 7.67. The van der Waals surface area contributed by atoms with Crippen LogP contribution < -0.4 is 19.5 Å². The minimum Gasteiger partial charge on any atom is -0.479 e. The molecule has 2 amide bonds. The Morgan fingerprint density at radius 2 is 2.11 bits per heavy atom. The van der Waals surface area contributed by atoms with Gasteiger partial charge in [-0.2, -0.15) is 9.97 Å². The van der Waals surface area contributed by atoms with Crippen molar-refractivity contribution in [1.82, 2.24) is 9.97 Å². The Morgan fingerprint density at radius 1 is 1.42 bits per heavy atom. The first-order valence-corrected chi connectivity index (χ1v) is 6.32. The summed E-state index contributed by atoms with van der Waals surface area (Å²) < 4.78 is 11.5. The minimum atomic E-state index is -0.769. The summed E-state index contributed by atoms with van der Waals surface area (Å²) in [7, 11) is 1.43. The highest BCUT2D eigenvalue weighted by Crippen LogP contribution is 2.35. The molecule has 0 saturated heterocycles. The standard InChI is InChI=1S/C11H18N4O3S/c1-3-4-5-6-18-10-8(15(19)11(12)16)9(17-2)13-7-14-10/h7,19H,3-6H2,1-2H3,(H2,12,16). The number of nitrogens with two attached hydrogens (primary N) is 1. The number of rotatable bonds is 7. The molecule has 2 N–H and O–H groups in total. The lowest BCUT2D eigenvalue weighted by Gasteiger charge is -2.18. The summed E-state index contributed by atoms with van der Waals surface area (Å²) in [6.45, 7) is 2.59. The van der Waals surface area contributed by atoms with E-state index >= 15 is 0 Å². The predicted molar refractivity (Wildman–Crippen MR) is 74.7 cm³/mol. The van der Waals surface area contributed by atoms with Gasteiger partial charge in [0.2, 0.25) is 11.8 Å². The van der Waals surface area contributed by atoms with E-state index in [-0.39, 0.29) is 17.4 Å². The molecular weight excluding hydrogens is 268 g/mol. The molecular formula is C11H18N4O3S. The Labute approximate surface area is 117 Å². The second-order valence-electron chi connectivity index (χ2n) is 3.74. The molecule has 0 aliphatic carbocycles. The number of anilines is 1. The van der Waals surface area contributed by atoms with E-state index in [9.17, 15) is 4.79 Å². The SMILES string of the molecule is CCCCCOc1ncnc(OC)c1N(S)C(N)=O. The summed E-state index contributed by atoms with van der Waals surface area (Å²) in [4.78, 5) is 19.1. The summed E-state index contributed by atoms with van der Waals surface area (Å²) in [6.07, 6.45) is 4.33. The Hall–Kier alpha value is -1.70. The van der Waals surface area contributed by atoms with E-state index in [0.717, 1.165) is 23.6 Å². The van der Waals surface area contributed by atoms with E-state index in [0.29, 0.717) is 6.61 Å². The van der Waals surface area contributed by atoms with E-state index in [1.165, 1.54) is 13.4 Å². The third kappa shape index (κ3) is 4.16. The van der Waals surface area contributed by atoms with Crippen molar-refractivity contribution < 1.29 is 14.3 Å². The maximum atomic E-state index is 11.2. The van der Waals surface area contributed by atoms with Crippen LogP contribution in [0.15, 0.2) is 6.33 Å². The molecule has 0 spiro atoms. The molecule has 19 heavy (non-hydrogen) atoms. The number of carbonyl (C=O) groups is 1. The van der Waals surface area contributed by atoms with Gasteiger partial charge in [0.05, 0.1) is 13.7 Å². The number of hydrogen-bond acceptors (Lipinski definition) is 6. The van der Waals surface area contributed by atoms with E-state index in [2.05, 4.69) is 29.7 Å². The van der Waals surface area contributed by atoms with Crippen LogP contribution in [-0.2, 0) is 0 Å². The Kier molecular flexibility index (Phi) is 6.20. The second-order valence-corrected chi connectivity index (χ2v) is 4.14. The molecule has 7 nitrogen and oxygen atoms in total. The first-order chi connectivity index (χ1) is 9.11. The average Bonchev–Trinajstić information content (AvgIpc) is 2.42. The molecule has 1 aromatic rings. The molecule has 0 saturated carbocycles. The molecule has 1 aromatic heterocycles. The molecule has 1 heterocycles. The third-order valence-electron chi connectivity index (χ3n) is 2.36. The zero-order valence-electron chi connectivity index (χ0n) is 11.0.